The average Bonchev–Trinajstić information content (AvgIpc) is 2.78. The van der Waals surface area contributed by atoms with Crippen LogP contribution in [0.1, 0.15) is 79.0 Å². The molecule has 7 rings (SSSR count). The van der Waals surface area contributed by atoms with Crippen molar-refractivity contribution in [2.75, 3.05) is 6.54 Å². The Morgan fingerprint density at radius 3 is 2.06 bits per heavy atom. The van der Waals surface area contributed by atoms with Gasteiger partial charge in [0.2, 0.25) is 5.91 Å². The van der Waals surface area contributed by atoms with Gasteiger partial charge in [-0.2, -0.15) is 0 Å². The Balaban J connectivity index is 1.08. The zero-order valence-corrected chi connectivity index (χ0v) is 19.3. The van der Waals surface area contributed by atoms with Crippen LogP contribution < -0.4 is 5.32 Å². The molecule has 1 N–H and O–H groups in total. The minimum Gasteiger partial charge on any atom is -0.353 e. The molecule has 2 aromatic rings. The monoisotopic (exact) mass is 444 g/mol. The van der Waals surface area contributed by atoms with Crippen LogP contribution in [0.25, 0.3) is 10.8 Å². The Hall–Kier alpha value is -2.69. The van der Waals surface area contributed by atoms with Gasteiger partial charge in [-0.3, -0.25) is 19.3 Å². The summed E-state index contributed by atoms with van der Waals surface area (Å²) in [6, 6.07) is 11.3. The summed E-state index contributed by atoms with van der Waals surface area (Å²) in [6.07, 6.45) is 8.80. The number of hydrogen-bond acceptors (Lipinski definition) is 3. The van der Waals surface area contributed by atoms with Gasteiger partial charge >= 0.3 is 0 Å². The number of hydrogen-bond donors (Lipinski definition) is 1. The summed E-state index contributed by atoms with van der Waals surface area (Å²) in [5.41, 5.74) is 1.43. The van der Waals surface area contributed by atoms with Crippen LogP contribution in [0.2, 0.25) is 0 Å². The predicted molar refractivity (Wildman–Crippen MR) is 127 cm³/mol. The van der Waals surface area contributed by atoms with Crippen LogP contribution in [0.5, 0.6) is 0 Å². The number of rotatable bonds is 6. The Morgan fingerprint density at radius 2 is 1.52 bits per heavy atom. The van der Waals surface area contributed by atoms with Gasteiger partial charge in [0.05, 0.1) is 0 Å². The highest BCUT2D eigenvalue weighted by molar-refractivity contribution is 6.25. The maximum Gasteiger partial charge on any atom is 0.261 e. The normalized spacial score (nSPS) is 30.7. The second-order valence-electron chi connectivity index (χ2n) is 11.1. The van der Waals surface area contributed by atoms with E-state index in [1.807, 2.05) is 24.3 Å². The fourth-order valence-electron chi connectivity index (χ4n) is 7.86. The van der Waals surface area contributed by atoms with Crippen LogP contribution in [0.15, 0.2) is 36.4 Å². The molecule has 2 aromatic carbocycles. The van der Waals surface area contributed by atoms with E-state index >= 15 is 0 Å². The highest BCUT2D eigenvalue weighted by Gasteiger charge is 2.53. The molecule has 5 heteroatoms. The lowest BCUT2D eigenvalue weighted by atomic mass is 9.48. The van der Waals surface area contributed by atoms with E-state index in [0.29, 0.717) is 24.0 Å². The standard InChI is InChI=1S/C28H32N2O3/c1-17(28-14-18-11-19(15-28)13-20(12-18)16-28)29-24(31)9-4-10-30-26(32)22-7-2-5-21-6-3-8-23(25(21)22)27(30)33/h2-3,5-8,17-20H,4,9-16H2,1H3,(H,29,31)/t17-,18?,19?,20?,28?/m0/s1. The summed E-state index contributed by atoms with van der Waals surface area (Å²) in [7, 11) is 0. The van der Waals surface area contributed by atoms with Crippen LogP contribution in [-0.4, -0.2) is 35.2 Å². The van der Waals surface area contributed by atoms with Crippen LogP contribution >= 0.6 is 0 Å². The molecule has 172 valence electrons. The third-order valence-electron chi connectivity index (χ3n) is 9.02. The van der Waals surface area contributed by atoms with Gasteiger partial charge in [-0.05, 0) is 92.6 Å². The van der Waals surface area contributed by atoms with Crippen molar-refractivity contribution in [3.8, 4) is 0 Å². The number of benzene rings is 2. The van der Waals surface area contributed by atoms with Gasteiger partial charge in [-0.1, -0.05) is 24.3 Å². The Labute approximate surface area is 194 Å². The molecule has 4 bridgehead atoms. The smallest absolute Gasteiger partial charge is 0.261 e. The van der Waals surface area contributed by atoms with Gasteiger partial charge in [0.15, 0.2) is 0 Å². The quantitative estimate of drug-likeness (QED) is 0.642. The van der Waals surface area contributed by atoms with Crippen LogP contribution in [0.4, 0.5) is 0 Å². The predicted octanol–water partition coefficient (Wildman–Crippen LogP) is 4.94. The first-order valence-electron chi connectivity index (χ1n) is 12.6. The zero-order chi connectivity index (χ0) is 22.7. The number of nitrogens with one attached hydrogen (secondary N) is 1. The van der Waals surface area contributed by atoms with Gasteiger partial charge in [-0.25, -0.2) is 0 Å². The lowest BCUT2D eigenvalue weighted by molar-refractivity contribution is -0.126. The lowest BCUT2D eigenvalue weighted by Gasteiger charge is -2.59. The molecule has 1 heterocycles. The molecular weight excluding hydrogens is 412 g/mol. The summed E-state index contributed by atoms with van der Waals surface area (Å²) in [5.74, 6) is 2.10. The molecular formula is C28H32N2O3. The average molecular weight is 445 g/mol. The van der Waals surface area contributed by atoms with E-state index in [9.17, 15) is 14.4 Å². The van der Waals surface area contributed by atoms with E-state index in [4.69, 9.17) is 0 Å². The van der Waals surface area contributed by atoms with Gasteiger partial charge in [-0.15, -0.1) is 0 Å². The molecule has 4 aliphatic carbocycles. The van der Waals surface area contributed by atoms with Crippen molar-refractivity contribution in [2.24, 2.45) is 23.2 Å². The summed E-state index contributed by atoms with van der Waals surface area (Å²) >= 11 is 0. The Morgan fingerprint density at radius 1 is 0.970 bits per heavy atom. The molecule has 4 fully saturated rings. The van der Waals surface area contributed by atoms with Crippen molar-refractivity contribution in [3.05, 3.63) is 47.5 Å². The molecule has 0 radical (unpaired) electrons. The largest absolute Gasteiger partial charge is 0.353 e. The van der Waals surface area contributed by atoms with Crippen LogP contribution in [0.3, 0.4) is 0 Å². The van der Waals surface area contributed by atoms with Crippen LogP contribution in [0, 0.1) is 23.2 Å². The van der Waals surface area contributed by atoms with E-state index < -0.39 is 0 Å². The molecule has 0 unspecified atom stereocenters. The first kappa shape index (κ1) is 20.9. The van der Waals surface area contributed by atoms with Crippen molar-refractivity contribution < 1.29 is 14.4 Å². The third-order valence-corrected chi connectivity index (χ3v) is 9.02. The molecule has 0 saturated heterocycles. The second kappa shape index (κ2) is 7.68. The van der Waals surface area contributed by atoms with Crippen LogP contribution in [-0.2, 0) is 4.79 Å². The molecule has 4 saturated carbocycles. The summed E-state index contributed by atoms with van der Waals surface area (Å²) < 4.78 is 0. The maximum absolute atomic E-state index is 13.0. The van der Waals surface area contributed by atoms with Crippen molar-refractivity contribution in [3.63, 3.8) is 0 Å². The summed E-state index contributed by atoms with van der Waals surface area (Å²) in [5, 5.41) is 4.95. The molecule has 3 amide bonds. The fourth-order valence-corrected chi connectivity index (χ4v) is 7.86. The highest BCUT2D eigenvalue weighted by atomic mass is 16.2. The summed E-state index contributed by atoms with van der Waals surface area (Å²) in [4.78, 5) is 40.2. The molecule has 1 atom stereocenters. The SMILES string of the molecule is C[C@H](NC(=O)CCCN1C(=O)c2cccc3cccc(c23)C1=O)C12CC3CC(CC(C3)C1)C2. The van der Waals surface area contributed by atoms with Crippen molar-refractivity contribution in [1.82, 2.24) is 10.2 Å². The Kier molecular flexibility index (Phi) is 4.86. The number of nitrogens with zero attached hydrogens (tertiary/aromatic N) is 1. The van der Waals surface area contributed by atoms with Gasteiger partial charge < -0.3 is 5.32 Å². The zero-order valence-electron chi connectivity index (χ0n) is 19.3. The number of carbonyl (C=O) groups is 3. The summed E-state index contributed by atoms with van der Waals surface area (Å²) in [6.45, 7) is 2.46. The fraction of sp³-hybridized carbons (Fsp3) is 0.536. The van der Waals surface area contributed by atoms with E-state index in [0.717, 1.165) is 28.5 Å². The van der Waals surface area contributed by atoms with Gasteiger partial charge in [0.1, 0.15) is 0 Å². The first-order valence-corrected chi connectivity index (χ1v) is 12.6. The van der Waals surface area contributed by atoms with E-state index in [-0.39, 0.29) is 35.7 Å². The molecule has 1 aliphatic heterocycles. The highest BCUT2D eigenvalue weighted by Crippen LogP contribution is 2.61. The molecule has 33 heavy (non-hydrogen) atoms. The van der Waals surface area contributed by atoms with Crippen molar-refractivity contribution in [1.29, 1.82) is 0 Å². The first-order chi connectivity index (χ1) is 15.9. The molecule has 5 nitrogen and oxygen atoms in total. The van der Waals surface area contributed by atoms with E-state index in [1.54, 1.807) is 12.1 Å². The molecule has 0 aromatic heterocycles. The number of amides is 3. The number of imide groups is 1. The Bertz CT molecular complexity index is 1070. The van der Waals surface area contributed by atoms with Gasteiger partial charge in [0, 0.05) is 35.5 Å². The van der Waals surface area contributed by atoms with Crippen molar-refractivity contribution >= 4 is 28.5 Å². The third kappa shape index (κ3) is 3.39. The number of carbonyl (C=O) groups excluding carboxylic acids is 3. The van der Waals surface area contributed by atoms with Gasteiger partial charge in [0.25, 0.3) is 11.8 Å². The maximum atomic E-state index is 13.0. The van der Waals surface area contributed by atoms with Crippen molar-refractivity contribution in [2.45, 2.75) is 64.3 Å². The van der Waals surface area contributed by atoms with E-state index in [1.165, 1.54) is 43.4 Å². The molecule has 5 aliphatic rings. The lowest BCUT2D eigenvalue weighted by Crippen LogP contribution is -2.55. The minimum absolute atomic E-state index is 0.0395. The second-order valence-corrected chi connectivity index (χ2v) is 11.1. The molecule has 0 spiro atoms. The topological polar surface area (TPSA) is 66.5 Å². The van der Waals surface area contributed by atoms with E-state index in [2.05, 4.69) is 12.2 Å². The minimum atomic E-state index is -0.258.